The molecular formula is C11H16N2O4. The minimum atomic E-state index is -0.692. The fourth-order valence-electron chi connectivity index (χ4n) is 1.05. The fraction of sp³-hybridized carbons (Fsp3) is 0.545. The minimum absolute atomic E-state index is 0.0529. The van der Waals surface area contributed by atoms with Gasteiger partial charge in [-0.3, -0.25) is 9.59 Å². The first-order chi connectivity index (χ1) is 8.10. The van der Waals surface area contributed by atoms with E-state index in [1.54, 1.807) is 0 Å². The third kappa shape index (κ3) is 9.08. The molecule has 0 aliphatic heterocycles. The van der Waals surface area contributed by atoms with Crippen LogP contribution in [0.4, 0.5) is 0 Å². The van der Waals surface area contributed by atoms with Crippen LogP contribution < -0.4 is 11.1 Å². The van der Waals surface area contributed by atoms with Gasteiger partial charge in [0.05, 0.1) is 19.1 Å². The number of amides is 2. The Kier molecular flexibility index (Phi) is 8.33. The number of hydrogen-bond acceptors (Lipinski definition) is 4. The predicted molar refractivity (Wildman–Crippen MR) is 60.7 cm³/mol. The maximum atomic E-state index is 11.3. The maximum absolute atomic E-state index is 11.3. The molecule has 0 heterocycles. The molecule has 0 aliphatic rings. The first-order valence-corrected chi connectivity index (χ1v) is 5.14. The lowest BCUT2D eigenvalue weighted by atomic mass is 10.1. The molecule has 6 heteroatoms. The van der Waals surface area contributed by atoms with E-state index in [0.717, 1.165) is 0 Å². The summed E-state index contributed by atoms with van der Waals surface area (Å²) in [6, 6.07) is -0.692. The first kappa shape index (κ1) is 15.1. The van der Waals surface area contributed by atoms with Crippen LogP contribution in [0.3, 0.4) is 0 Å². The molecule has 2 amide bonds. The number of aldehydes is 1. The Bertz CT molecular complexity index is 309. The second-order valence-electron chi connectivity index (χ2n) is 3.32. The highest BCUT2D eigenvalue weighted by atomic mass is 16.5. The van der Waals surface area contributed by atoms with E-state index >= 15 is 0 Å². The smallest absolute Gasteiger partial charge is 0.222 e. The van der Waals surface area contributed by atoms with Gasteiger partial charge in [-0.2, -0.15) is 0 Å². The number of ether oxygens (including phenoxy) is 1. The van der Waals surface area contributed by atoms with Gasteiger partial charge in [-0.1, -0.05) is 5.92 Å². The number of hydrogen-bond donors (Lipinski definition) is 2. The van der Waals surface area contributed by atoms with Crippen molar-refractivity contribution in [2.24, 2.45) is 5.73 Å². The molecule has 0 aromatic heterocycles. The van der Waals surface area contributed by atoms with E-state index in [1.165, 1.54) is 0 Å². The second kappa shape index (κ2) is 9.36. The summed E-state index contributed by atoms with van der Waals surface area (Å²) in [6.07, 6.45) is 5.89. The maximum Gasteiger partial charge on any atom is 0.222 e. The van der Waals surface area contributed by atoms with Gasteiger partial charge in [-0.25, -0.2) is 0 Å². The van der Waals surface area contributed by atoms with Crippen LogP contribution in [0.2, 0.25) is 0 Å². The van der Waals surface area contributed by atoms with Gasteiger partial charge in [0.25, 0.3) is 0 Å². The Hall–Kier alpha value is -1.87. The Morgan fingerprint density at radius 3 is 2.71 bits per heavy atom. The number of primary amides is 1. The molecule has 0 aromatic rings. The van der Waals surface area contributed by atoms with Crippen molar-refractivity contribution in [3.63, 3.8) is 0 Å². The number of nitrogens with one attached hydrogen (secondary N) is 1. The van der Waals surface area contributed by atoms with Gasteiger partial charge >= 0.3 is 0 Å². The van der Waals surface area contributed by atoms with E-state index in [0.29, 0.717) is 6.29 Å². The van der Waals surface area contributed by atoms with Crippen LogP contribution in [0.25, 0.3) is 0 Å². The zero-order chi connectivity index (χ0) is 13.1. The molecule has 0 radical (unpaired) electrons. The van der Waals surface area contributed by atoms with Gasteiger partial charge in [0.1, 0.15) is 12.9 Å². The lowest BCUT2D eigenvalue weighted by molar-refractivity contribution is -0.125. The molecule has 17 heavy (non-hydrogen) atoms. The van der Waals surface area contributed by atoms with E-state index in [-0.39, 0.29) is 38.4 Å². The van der Waals surface area contributed by atoms with Crippen molar-refractivity contribution in [1.29, 1.82) is 0 Å². The lowest BCUT2D eigenvalue weighted by Crippen LogP contribution is -2.37. The highest BCUT2D eigenvalue weighted by molar-refractivity contribution is 5.80. The largest absolute Gasteiger partial charge is 0.370 e. The molecule has 3 N–H and O–H groups in total. The molecule has 0 spiro atoms. The normalized spacial score (nSPS) is 11.2. The van der Waals surface area contributed by atoms with Crippen LogP contribution in [-0.2, 0) is 19.1 Å². The van der Waals surface area contributed by atoms with E-state index in [1.807, 2.05) is 0 Å². The molecule has 1 atom stereocenters. The standard InChI is InChI=1S/C11H16N2O4/c1-2-6-17-7-5-11(16)13-9(8-14)3-4-10(12)15/h1,8-9H,3-7H2,(H2,12,15)(H,13,16). The van der Waals surface area contributed by atoms with E-state index < -0.39 is 11.9 Å². The molecule has 1 unspecified atom stereocenters. The minimum Gasteiger partial charge on any atom is -0.370 e. The predicted octanol–water partition coefficient (Wildman–Crippen LogP) is -1.02. The summed E-state index contributed by atoms with van der Waals surface area (Å²) >= 11 is 0. The summed E-state index contributed by atoms with van der Waals surface area (Å²) in [5.74, 6) is 1.42. The molecule has 94 valence electrons. The van der Waals surface area contributed by atoms with E-state index in [4.69, 9.17) is 16.9 Å². The topological polar surface area (TPSA) is 98.5 Å². The SMILES string of the molecule is C#CCOCCC(=O)NC(C=O)CCC(N)=O. The van der Waals surface area contributed by atoms with Crippen LogP contribution in [-0.4, -0.2) is 37.4 Å². The number of carbonyl (C=O) groups is 3. The first-order valence-electron chi connectivity index (χ1n) is 5.14. The molecule has 0 bridgehead atoms. The van der Waals surface area contributed by atoms with Crippen molar-refractivity contribution in [1.82, 2.24) is 5.32 Å². The summed E-state index contributed by atoms with van der Waals surface area (Å²) in [7, 11) is 0. The molecule has 0 rings (SSSR count). The van der Waals surface area contributed by atoms with Crippen molar-refractivity contribution in [3.05, 3.63) is 0 Å². The second-order valence-corrected chi connectivity index (χ2v) is 3.32. The quantitative estimate of drug-likeness (QED) is 0.306. The highest BCUT2D eigenvalue weighted by Crippen LogP contribution is 1.95. The van der Waals surface area contributed by atoms with Gasteiger partial charge in [-0.05, 0) is 6.42 Å². The molecule has 6 nitrogen and oxygen atoms in total. The van der Waals surface area contributed by atoms with Crippen LogP contribution in [0.5, 0.6) is 0 Å². The van der Waals surface area contributed by atoms with Crippen LogP contribution in [0, 0.1) is 12.3 Å². The van der Waals surface area contributed by atoms with Crippen LogP contribution in [0.1, 0.15) is 19.3 Å². The van der Waals surface area contributed by atoms with Crippen LogP contribution in [0.15, 0.2) is 0 Å². The van der Waals surface area contributed by atoms with Gasteiger partial charge in [0.15, 0.2) is 0 Å². The monoisotopic (exact) mass is 240 g/mol. The number of nitrogens with two attached hydrogens (primary N) is 1. The van der Waals surface area contributed by atoms with Crippen molar-refractivity contribution < 1.29 is 19.1 Å². The molecule has 0 saturated carbocycles. The van der Waals surface area contributed by atoms with Crippen molar-refractivity contribution >= 4 is 18.1 Å². The number of terminal acetylenes is 1. The Morgan fingerprint density at radius 2 is 2.18 bits per heavy atom. The zero-order valence-corrected chi connectivity index (χ0v) is 9.48. The molecular weight excluding hydrogens is 224 g/mol. The molecule has 0 fully saturated rings. The Morgan fingerprint density at radius 1 is 1.47 bits per heavy atom. The average Bonchev–Trinajstić information content (AvgIpc) is 2.30. The number of rotatable bonds is 9. The Labute approximate surface area is 99.9 Å². The summed E-state index contributed by atoms with van der Waals surface area (Å²) in [4.78, 5) is 32.4. The highest BCUT2D eigenvalue weighted by Gasteiger charge is 2.11. The molecule has 0 saturated heterocycles. The van der Waals surface area contributed by atoms with Gasteiger partial charge in [0.2, 0.25) is 11.8 Å². The summed E-state index contributed by atoms with van der Waals surface area (Å²) in [5, 5.41) is 2.45. The zero-order valence-electron chi connectivity index (χ0n) is 9.48. The fourth-order valence-corrected chi connectivity index (χ4v) is 1.05. The third-order valence-corrected chi connectivity index (χ3v) is 1.87. The van der Waals surface area contributed by atoms with E-state index in [2.05, 4.69) is 11.2 Å². The average molecular weight is 240 g/mol. The van der Waals surface area contributed by atoms with Gasteiger partial charge in [0, 0.05) is 6.42 Å². The van der Waals surface area contributed by atoms with E-state index in [9.17, 15) is 14.4 Å². The molecule has 0 aliphatic carbocycles. The molecule has 0 aromatic carbocycles. The van der Waals surface area contributed by atoms with Crippen molar-refractivity contribution in [2.75, 3.05) is 13.2 Å². The van der Waals surface area contributed by atoms with Crippen molar-refractivity contribution in [2.45, 2.75) is 25.3 Å². The third-order valence-electron chi connectivity index (χ3n) is 1.87. The summed E-state index contributed by atoms with van der Waals surface area (Å²) in [6.45, 7) is 0.337. The lowest BCUT2D eigenvalue weighted by Gasteiger charge is -2.11. The van der Waals surface area contributed by atoms with Gasteiger partial charge < -0.3 is 20.6 Å². The number of carbonyl (C=O) groups excluding carboxylic acids is 3. The summed E-state index contributed by atoms with van der Waals surface area (Å²) in [5.41, 5.74) is 4.93. The van der Waals surface area contributed by atoms with Crippen LogP contribution >= 0.6 is 0 Å². The Balaban J connectivity index is 3.78. The van der Waals surface area contributed by atoms with Gasteiger partial charge in [-0.15, -0.1) is 6.42 Å². The summed E-state index contributed by atoms with van der Waals surface area (Å²) < 4.78 is 4.91. The van der Waals surface area contributed by atoms with Crippen molar-refractivity contribution in [3.8, 4) is 12.3 Å².